The van der Waals surface area contributed by atoms with Gasteiger partial charge in [-0.3, -0.25) is 0 Å². The molecule has 118 valence electrons. The van der Waals surface area contributed by atoms with Crippen LogP contribution in [0, 0.1) is 0 Å². The molecule has 20 heavy (non-hydrogen) atoms. The van der Waals surface area contributed by atoms with Crippen molar-refractivity contribution in [1.29, 1.82) is 0 Å². The lowest BCUT2D eigenvalue weighted by Gasteiger charge is -2.23. The summed E-state index contributed by atoms with van der Waals surface area (Å²) in [4.78, 5) is 0. The number of nitrogens with zero attached hydrogens (tertiary/aromatic N) is 1. The van der Waals surface area contributed by atoms with E-state index in [2.05, 4.69) is 10.0 Å². The van der Waals surface area contributed by atoms with E-state index in [1.165, 1.54) is 4.31 Å². The molecular formula is C12H25N3O4S. The lowest BCUT2D eigenvalue weighted by atomic mass is 10.1. The summed E-state index contributed by atoms with van der Waals surface area (Å²) in [7, 11) is -0.404. The van der Waals surface area contributed by atoms with Crippen LogP contribution in [0.1, 0.15) is 6.42 Å². The highest BCUT2D eigenvalue weighted by atomic mass is 32.2. The Bertz CT molecular complexity index is 390. The van der Waals surface area contributed by atoms with Crippen LogP contribution in [-0.4, -0.2) is 72.9 Å². The van der Waals surface area contributed by atoms with Crippen LogP contribution in [0.3, 0.4) is 0 Å². The maximum absolute atomic E-state index is 12.2. The average molecular weight is 307 g/mol. The summed E-state index contributed by atoms with van der Waals surface area (Å²) in [6.45, 7) is 3.40. The van der Waals surface area contributed by atoms with Crippen molar-refractivity contribution in [2.45, 2.75) is 6.42 Å². The maximum Gasteiger partial charge on any atom is 0.279 e. The molecule has 0 aromatic carbocycles. The van der Waals surface area contributed by atoms with E-state index in [1.807, 2.05) is 6.08 Å². The Labute approximate surface area is 121 Å². The first kappa shape index (κ1) is 17.5. The highest BCUT2D eigenvalue weighted by Crippen LogP contribution is 2.05. The van der Waals surface area contributed by atoms with Crippen LogP contribution in [0.25, 0.3) is 0 Å². The van der Waals surface area contributed by atoms with Gasteiger partial charge in [-0.05, 0) is 13.0 Å². The summed E-state index contributed by atoms with van der Waals surface area (Å²) in [5.74, 6) is 0. The van der Waals surface area contributed by atoms with Crippen molar-refractivity contribution in [2.75, 3.05) is 60.2 Å². The van der Waals surface area contributed by atoms with E-state index in [1.54, 1.807) is 14.2 Å². The van der Waals surface area contributed by atoms with Crippen molar-refractivity contribution in [1.82, 2.24) is 14.3 Å². The van der Waals surface area contributed by atoms with E-state index in [4.69, 9.17) is 9.47 Å². The normalized spacial score (nSPS) is 16.4. The van der Waals surface area contributed by atoms with Crippen molar-refractivity contribution < 1.29 is 17.9 Å². The van der Waals surface area contributed by atoms with Gasteiger partial charge in [0.2, 0.25) is 0 Å². The minimum absolute atomic E-state index is 0.315. The fourth-order valence-electron chi connectivity index (χ4n) is 1.84. The van der Waals surface area contributed by atoms with Gasteiger partial charge in [0.15, 0.2) is 0 Å². The van der Waals surface area contributed by atoms with Gasteiger partial charge in [0.05, 0.1) is 13.2 Å². The Morgan fingerprint density at radius 1 is 1.30 bits per heavy atom. The molecule has 0 spiro atoms. The second kappa shape index (κ2) is 9.43. The van der Waals surface area contributed by atoms with Gasteiger partial charge < -0.3 is 14.8 Å². The Hall–Kier alpha value is -0.510. The fraction of sp³-hybridized carbons (Fsp3) is 0.833. The third-order valence-corrected chi connectivity index (χ3v) is 4.62. The van der Waals surface area contributed by atoms with E-state index in [-0.39, 0.29) is 0 Å². The van der Waals surface area contributed by atoms with Gasteiger partial charge in [0, 0.05) is 40.4 Å². The molecule has 1 aliphatic rings. The van der Waals surface area contributed by atoms with Crippen molar-refractivity contribution in [3.63, 3.8) is 0 Å². The molecule has 1 aliphatic heterocycles. The molecule has 7 nitrogen and oxygen atoms in total. The number of hydrogen-bond donors (Lipinski definition) is 2. The molecule has 0 aliphatic carbocycles. The molecule has 0 fully saturated rings. The number of nitrogens with one attached hydrogen (secondary N) is 2. The zero-order valence-corrected chi connectivity index (χ0v) is 13.0. The number of hydrogen-bond acceptors (Lipinski definition) is 5. The summed E-state index contributed by atoms with van der Waals surface area (Å²) in [6.07, 6.45) is 2.90. The second-order valence-electron chi connectivity index (χ2n) is 4.53. The number of methoxy groups -OCH3 is 2. The molecule has 0 amide bonds. The minimum Gasteiger partial charge on any atom is -0.383 e. The third-order valence-electron chi connectivity index (χ3n) is 3.07. The van der Waals surface area contributed by atoms with Crippen molar-refractivity contribution >= 4 is 10.2 Å². The van der Waals surface area contributed by atoms with Crippen molar-refractivity contribution in [3.05, 3.63) is 11.6 Å². The lowest BCUT2D eigenvalue weighted by molar-refractivity contribution is 0.150. The van der Waals surface area contributed by atoms with Crippen molar-refractivity contribution in [2.24, 2.45) is 0 Å². The maximum atomic E-state index is 12.2. The molecule has 0 saturated carbocycles. The van der Waals surface area contributed by atoms with Crippen LogP contribution in [0.2, 0.25) is 0 Å². The van der Waals surface area contributed by atoms with Gasteiger partial charge in [-0.15, -0.1) is 0 Å². The van der Waals surface area contributed by atoms with Gasteiger partial charge in [-0.2, -0.15) is 17.4 Å². The quantitative estimate of drug-likeness (QED) is 0.524. The SMILES string of the molecule is COCCN(CCOC)S(=O)(=O)NCC1=CCNCC1. The zero-order chi connectivity index (χ0) is 14.8. The molecule has 0 aromatic rings. The molecule has 2 N–H and O–H groups in total. The second-order valence-corrected chi connectivity index (χ2v) is 6.28. The van der Waals surface area contributed by atoms with E-state index in [0.717, 1.165) is 25.1 Å². The number of rotatable bonds is 10. The summed E-state index contributed by atoms with van der Waals surface area (Å²) in [5, 5.41) is 3.19. The predicted molar refractivity (Wildman–Crippen MR) is 77.8 cm³/mol. The first-order chi connectivity index (χ1) is 9.60. The Balaban J connectivity index is 2.53. The molecule has 1 heterocycles. The molecule has 0 bridgehead atoms. The van der Waals surface area contributed by atoms with Crippen LogP contribution >= 0.6 is 0 Å². The first-order valence-electron chi connectivity index (χ1n) is 6.71. The highest BCUT2D eigenvalue weighted by Gasteiger charge is 2.21. The molecule has 0 radical (unpaired) electrons. The molecule has 0 aromatic heterocycles. The van der Waals surface area contributed by atoms with Crippen LogP contribution in [-0.2, 0) is 19.7 Å². The molecule has 1 rings (SSSR count). The van der Waals surface area contributed by atoms with Gasteiger partial charge in [-0.25, -0.2) is 0 Å². The smallest absolute Gasteiger partial charge is 0.279 e. The van der Waals surface area contributed by atoms with Gasteiger partial charge in [0.1, 0.15) is 0 Å². The standard InChI is InChI=1S/C12H25N3O4S/c1-18-9-7-15(8-10-19-2)20(16,17)14-11-12-3-5-13-6-4-12/h3,13-14H,4-11H2,1-2H3. The predicted octanol–water partition coefficient (Wildman–Crippen LogP) is -0.665. The van der Waals surface area contributed by atoms with Crippen LogP contribution in [0.4, 0.5) is 0 Å². The Kier molecular flexibility index (Phi) is 8.27. The summed E-state index contributed by atoms with van der Waals surface area (Å²) in [6, 6.07) is 0. The van der Waals surface area contributed by atoms with Gasteiger partial charge >= 0.3 is 0 Å². The molecule has 0 atom stereocenters. The Morgan fingerprint density at radius 3 is 2.45 bits per heavy atom. The number of ether oxygens (including phenoxy) is 2. The fourth-order valence-corrected chi connectivity index (χ4v) is 3.02. The molecule has 0 saturated heterocycles. The van der Waals surface area contributed by atoms with Crippen molar-refractivity contribution in [3.8, 4) is 0 Å². The van der Waals surface area contributed by atoms with E-state index in [9.17, 15) is 8.42 Å². The van der Waals surface area contributed by atoms with Gasteiger partial charge in [-0.1, -0.05) is 11.6 Å². The molecular weight excluding hydrogens is 282 g/mol. The summed E-state index contributed by atoms with van der Waals surface area (Å²) in [5.41, 5.74) is 1.12. The van der Waals surface area contributed by atoms with E-state index in [0.29, 0.717) is 32.8 Å². The van der Waals surface area contributed by atoms with E-state index < -0.39 is 10.2 Å². The van der Waals surface area contributed by atoms with Gasteiger partial charge in [0.25, 0.3) is 10.2 Å². The lowest BCUT2D eigenvalue weighted by Crippen LogP contribution is -2.44. The molecule has 8 heteroatoms. The van der Waals surface area contributed by atoms with Crippen LogP contribution in [0.5, 0.6) is 0 Å². The van der Waals surface area contributed by atoms with Crippen LogP contribution in [0.15, 0.2) is 11.6 Å². The largest absolute Gasteiger partial charge is 0.383 e. The Morgan fingerprint density at radius 2 is 1.95 bits per heavy atom. The summed E-state index contributed by atoms with van der Waals surface area (Å²) < 4.78 is 38.4. The van der Waals surface area contributed by atoms with Crippen LogP contribution < -0.4 is 10.0 Å². The van der Waals surface area contributed by atoms with E-state index >= 15 is 0 Å². The topological polar surface area (TPSA) is 79.9 Å². The minimum atomic E-state index is -3.50. The summed E-state index contributed by atoms with van der Waals surface area (Å²) >= 11 is 0. The highest BCUT2D eigenvalue weighted by molar-refractivity contribution is 7.87. The zero-order valence-electron chi connectivity index (χ0n) is 12.2. The monoisotopic (exact) mass is 307 g/mol. The third kappa shape index (κ3) is 6.29. The first-order valence-corrected chi connectivity index (χ1v) is 8.15. The molecule has 0 unspecified atom stereocenters. The average Bonchev–Trinajstić information content (AvgIpc) is 2.46.